The second-order valence-corrected chi connectivity index (χ2v) is 6.70. The van der Waals surface area contributed by atoms with Crippen molar-refractivity contribution >= 4 is 28.6 Å². The highest BCUT2D eigenvalue weighted by Crippen LogP contribution is 2.35. The molecule has 4 heteroatoms. The van der Waals surface area contributed by atoms with Gasteiger partial charge in [0.2, 0.25) is 0 Å². The van der Waals surface area contributed by atoms with E-state index in [2.05, 4.69) is 32.2 Å². The highest BCUT2D eigenvalue weighted by Gasteiger charge is 2.23. The third-order valence-electron chi connectivity index (χ3n) is 3.38. The number of carbonyl (C=O) groups is 1. The summed E-state index contributed by atoms with van der Waals surface area (Å²) in [5, 5.41) is 5.32. The lowest BCUT2D eigenvalue weighted by atomic mass is 9.91. The molecule has 1 aromatic heterocycles. The van der Waals surface area contributed by atoms with Crippen LogP contribution in [0, 0.1) is 0 Å². The molecule has 0 saturated carbocycles. The quantitative estimate of drug-likeness (QED) is 0.652. The van der Waals surface area contributed by atoms with E-state index in [-0.39, 0.29) is 11.5 Å². The average molecular weight is 299 g/mol. The van der Waals surface area contributed by atoms with Gasteiger partial charge in [0.1, 0.15) is 10.6 Å². The Kier molecular flexibility index (Phi) is 3.33. The number of hydrogen-bond acceptors (Lipinski definition) is 4. The molecule has 3 nitrogen and oxygen atoms in total. The summed E-state index contributed by atoms with van der Waals surface area (Å²) in [6.07, 6.45) is 2.18. The summed E-state index contributed by atoms with van der Waals surface area (Å²) in [5.41, 5.74) is 3.26. The maximum Gasteiger partial charge on any atom is 0.353 e. The van der Waals surface area contributed by atoms with Gasteiger partial charge in [-0.15, -0.1) is 11.3 Å². The van der Waals surface area contributed by atoms with Crippen molar-refractivity contribution in [2.45, 2.75) is 26.3 Å². The van der Waals surface area contributed by atoms with E-state index in [0.29, 0.717) is 10.6 Å². The van der Waals surface area contributed by atoms with Crippen molar-refractivity contribution in [1.29, 1.82) is 0 Å². The molecule has 0 bridgehead atoms. The molecule has 1 aliphatic rings. The third-order valence-corrected chi connectivity index (χ3v) is 4.23. The van der Waals surface area contributed by atoms with Crippen LogP contribution in [-0.2, 0) is 0 Å². The molecule has 1 N–H and O–H groups in total. The van der Waals surface area contributed by atoms with Crippen molar-refractivity contribution in [3.63, 3.8) is 0 Å². The van der Waals surface area contributed by atoms with E-state index in [1.165, 1.54) is 16.9 Å². The van der Waals surface area contributed by atoms with Gasteiger partial charge in [-0.1, -0.05) is 12.1 Å². The van der Waals surface area contributed by atoms with Gasteiger partial charge in [-0.2, -0.15) is 0 Å². The van der Waals surface area contributed by atoms with E-state index < -0.39 is 0 Å². The first-order valence-corrected chi connectivity index (χ1v) is 7.70. The van der Waals surface area contributed by atoms with Crippen LogP contribution in [0.1, 0.15) is 36.0 Å². The minimum Gasteiger partial charge on any atom is -0.422 e. The summed E-state index contributed by atoms with van der Waals surface area (Å²) < 4.78 is 5.44. The van der Waals surface area contributed by atoms with Crippen LogP contribution >= 0.6 is 11.3 Å². The van der Waals surface area contributed by atoms with Gasteiger partial charge >= 0.3 is 5.97 Å². The molecular weight excluding hydrogens is 282 g/mol. The number of rotatable bonds is 2. The zero-order valence-electron chi connectivity index (χ0n) is 12.3. The van der Waals surface area contributed by atoms with Crippen LogP contribution in [0.4, 0.5) is 5.69 Å². The van der Waals surface area contributed by atoms with Crippen molar-refractivity contribution in [3.8, 4) is 5.75 Å². The van der Waals surface area contributed by atoms with E-state index >= 15 is 0 Å². The smallest absolute Gasteiger partial charge is 0.353 e. The maximum absolute atomic E-state index is 12.0. The molecule has 2 heterocycles. The molecule has 0 radical (unpaired) electrons. The minimum atomic E-state index is -0.310. The summed E-state index contributed by atoms with van der Waals surface area (Å²) in [7, 11) is 0. The Balaban J connectivity index is 1.87. The molecule has 0 unspecified atom stereocenters. The largest absolute Gasteiger partial charge is 0.422 e. The summed E-state index contributed by atoms with van der Waals surface area (Å²) in [5.74, 6) is 0.261. The zero-order chi connectivity index (χ0) is 15.0. The van der Waals surface area contributed by atoms with E-state index in [1.54, 1.807) is 6.07 Å². The van der Waals surface area contributed by atoms with Crippen molar-refractivity contribution in [3.05, 3.63) is 52.2 Å². The van der Waals surface area contributed by atoms with Gasteiger partial charge in [0, 0.05) is 11.3 Å². The molecular formula is C17H17NO2S. The van der Waals surface area contributed by atoms with Crippen LogP contribution in [0.25, 0.3) is 5.57 Å². The van der Waals surface area contributed by atoms with Crippen LogP contribution in [-0.4, -0.2) is 11.5 Å². The molecule has 0 saturated heterocycles. The van der Waals surface area contributed by atoms with Crippen molar-refractivity contribution < 1.29 is 9.53 Å². The number of allylic oxidation sites excluding steroid dienone is 1. The molecule has 21 heavy (non-hydrogen) atoms. The molecule has 1 aromatic carbocycles. The lowest BCUT2D eigenvalue weighted by molar-refractivity contribution is 0.0740. The predicted molar refractivity (Wildman–Crippen MR) is 87.1 cm³/mol. The minimum absolute atomic E-state index is 0.0632. The average Bonchev–Trinajstić information content (AvgIpc) is 2.92. The Morgan fingerprint density at radius 1 is 1.29 bits per heavy atom. The Morgan fingerprint density at radius 3 is 2.81 bits per heavy atom. The summed E-state index contributed by atoms with van der Waals surface area (Å²) in [6.45, 7) is 6.33. The molecule has 0 amide bonds. The first kappa shape index (κ1) is 13.9. The van der Waals surface area contributed by atoms with Gasteiger partial charge in [0.05, 0.1) is 5.54 Å². The standard InChI is InChI=1S/C17H17NO2S/c1-11-10-17(2,3)18-14-7-6-12(9-13(11)14)20-16(19)15-5-4-8-21-15/h4-10,18H,1-3H3. The van der Waals surface area contributed by atoms with Gasteiger partial charge in [0.25, 0.3) is 0 Å². The van der Waals surface area contributed by atoms with Crippen LogP contribution < -0.4 is 10.1 Å². The topological polar surface area (TPSA) is 38.3 Å². The second-order valence-electron chi connectivity index (χ2n) is 5.75. The molecule has 0 aliphatic carbocycles. The Morgan fingerprint density at radius 2 is 2.10 bits per heavy atom. The van der Waals surface area contributed by atoms with Gasteiger partial charge in [-0.25, -0.2) is 4.79 Å². The van der Waals surface area contributed by atoms with Crippen LogP contribution in [0.2, 0.25) is 0 Å². The lowest BCUT2D eigenvalue weighted by Gasteiger charge is -2.31. The lowest BCUT2D eigenvalue weighted by Crippen LogP contribution is -2.31. The second kappa shape index (κ2) is 5.04. The van der Waals surface area contributed by atoms with E-state index in [4.69, 9.17) is 4.74 Å². The fraction of sp³-hybridized carbons (Fsp3) is 0.235. The SMILES string of the molecule is CC1=CC(C)(C)Nc2ccc(OC(=O)c3cccs3)cc21. The van der Waals surface area contributed by atoms with Gasteiger partial charge in [-0.3, -0.25) is 0 Å². The number of esters is 1. The number of thiophene rings is 1. The Hall–Kier alpha value is -2.07. The number of ether oxygens (including phenoxy) is 1. The fourth-order valence-electron chi connectivity index (χ4n) is 2.58. The molecule has 0 fully saturated rings. The van der Waals surface area contributed by atoms with Crippen molar-refractivity contribution in [1.82, 2.24) is 0 Å². The maximum atomic E-state index is 12.0. The van der Waals surface area contributed by atoms with E-state index in [0.717, 1.165) is 11.3 Å². The molecule has 108 valence electrons. The zero-order valence-corrected chi connectivity index (χ0v) is 13.1. The third kappa shape index (κ3) is 2.85. The molecule has 0 atom stereocenters. The summed E-state index contributed by atoms with van der Waals surface area (Å²) in [4.78, 5) is 12.6. The number of benzene rings is 1. The first-order chi connectivity index (χ1) is 9.94. The molecule has 1 aliphatic heterocycles. The van der Waals surface area contributed by atoms with Crippen LogP contribution in [0.5, 0.6) is 5.75 Å². The summed E-state index contributed by atoms with van der Waals surface area (Å²) >= 11 is 1.38. The number of nitrogens with one attached hydrogen (secondary N) is 1. The monoisotopic (exact) mass is 299 g/mol. The molecule has 0 spiro atoms. The Bertz CT molecular complexity index is 714. The van der Waals surface area contributed by atoms with E-state index in [1.807, 2.05) is 29.6 Å². The number of fused-ring (bicyclic) bond motifs is 1. The van der Waals surface area contributed by atoms with E-state index in [9.17, 15) is 4.79 Å². The highest BCUT2D eigenvalue weighted by atomic mass is 32.1. The van der Waals surface area contributed by atoms with Crippen LogP contribution in [0.3, 0.4) is 0 Å². The normalized spacial score (nSPS) is 15.7. The molecule has 2 aromatic rings. The van der Waals surface area contributed by atoms with Crippen LogP contribution in [0.15, 0.2) is 41.8 Å². The highest BCUT2D eigenvalue weighted by molar-refractivity contribution is 7.12. The van der Waals surface area contributed by atoms with Gasteiger partial charge in [-0.05, 0) is 56.0 Å². The summed E-state index contributed by atoms with van der Waals surface area (Å²) in [6, 6.07) is 9.30. The Labute approximate surface area is 128 Å². The number of hydrogen-bond donors (Lipinski definition) is 1. The predicted octanol–water partition coefficient (Wildman–Crippen LogP) is 4.57. The number of anilines is 1. The fourth-order valence-corrected chi connectivity index (χ4v) is 3.18. The number of carbonyl (C=O) groups excluding carboxylic acids is 1. The molecule has 3 rings (SSSR count). The van der Waals surface area contributed by atoms with Crippen molar-refractivity contribution in [2.24, 2.45) is 0 Å². The first-order valence-electron chi connectivity index (χ1n) is 6.82. The van der Waals surface area contributed by atoms with Gasteiger partial charge < -0.3 is 10.1 Å². The van der Waals surface area contributed by atoms with Gasteiger partial charge in [0.15, 0.2) is 0 Å². The van der Waals surface area contributed by atoms with Crippen molar-refractivity contribution in [2.75, 3.05) is 5.32 Å².